The van der Waals surface area contributed by atoms with Gasteiger partial charge in [-0.15, -0.1) is 5.10 Å². The van der Waals surface area contributed by atoms with E-state index in [0.29, 0.717) is 16.7 Å². The fraction of sp³-hybridized carbons (Fsp3) is 0.167. The fourth-order valence-corrected chi connectivity index (χ4v) is 3.28. The smallest absolute Gasteiger partial charge is 0.257 e. The maximum absolute atomic E-state index is 12.6. The molecule has 1 aliphatic rings. The van der Waals surface area contributed by atoms with E-state index in [1.165, 1.54) is 5.56 Å². The van der Waals surface area contributed by atoms with Gasteiger partial charge >= 0.3 is 0 Å². The third kappa shape index (κ3) is 2.67. The Labute approximate surface area is 144 Å². The number of aryl methyl sites for hydroxylation is 1. The van der Waals surface area contributed by atoms with Gasteiger partial charge in [0.25, 0.3) is 5.91 Å². The lowest BCUT2D eigenvalue weighted by molar-refractivity contribution is 0.102. The summed E-state index contributed by atoms with van der Waals surface area (Å²) in [6, 6.07) is 11.1. The van der Waals surface area contributed by atoms with E-state index in [0.717, 1.165) is 30.4 Å². The summed E-state index contributed by atoms with van der Waals surface area (Å²) in [5.74, 6) is 0.865. The second-order valence-corrected chi connectivity index (χ2v) is 6.11. The molecule has 0 radical (unpaired) electrons. The number of carbonyl (C=O) groups excluding carboxylic acids is 1. The molecule has 5 nitrogen and oxygen atoms in total. The minimum atomic E-state index is -0.133. The molecule has 4 rings (SSSR count). The maximum Gasteiger partial charge on any atom is 0.257 e. The molecule has 1 aromatic carbocycles. The van der Waals surface area contributed by atoms with Gasteiger partial charge in [-0.05, 0) is 48.6 Å². The zero-order chi connectivity index (χ0) is 16.5. The van der Waals surface area contributed by atoms with E-state index in [9.17, 15) is 4.79 Å². The molecular weight excluding hydrogens is 324 g/mol. The predicted octanol–water partition coefficient (Wildman–Crippen LogP) is 3.66. The SMILES string of the molecule is O=C(Nc1ccn(-c2ncccc2Cl)n1)c1cccc2c1CCC2. The molecule has 0 aliphatic heterocycles. The number of anilines is 1. The largest absolute Gasteiger partial charge is 0.305 e. The zero-order valence-corrected chi connectivity index (χ0v) is 13.6. The number of nitrogens with zero attached hydrogens (tertiary/aromatic N) is 3. The summed E-state index contributed by atoms with van der Waals surface area (Å²) in [5.41, 5.74) is 3.16. The first-order valence-corrected chi connectivity index (χ1v) is 8.19. The summed E-state index contributed by atoms with van der Waals surface area (Å²) in [6.07, 6.45) is 6.47. The standard InChI is InChI=1S/C18H15ClN4O/c19-15-8-3-10-20-17(15)23-11-9-16(22-23)21-18(24)14-7-2-5-12-4-1-6-13(12)14/h2-3,5,7-11H,1,4,6H2,(H,21,22,24). The van der Waals surface area contributed by atoms with Gasteiger partial charge in [-0.25, -0.2) is 9.67 Å². The Balaban J connectivity index is 1.58. The van der Waals surface area contributed by atoms with Crippen molar-refractivity contribution in [3.05, 3.63) is 70.5 Å². The number of hydrogen-bond acceptors (Lipinski definition) is 3. The number of pyridine rings is 1. The average Bonchev–Trinajstić information content (AvgIpc) is 3.24. The van der Waals surface area contributed by atoms with Gasteiger partial charge in [-0.1, -0.05) is 23.7 Å². The molecule has 0 atom stereocenters. The van der Waals surface area contributed by atoms with Crippen LogP contribution < -0.4 is 5.32 Å². The molecule has 120 valence electrons. The van der Waals surface area contributed by atoms with Crippen LogP contribution in [0.3, 0.4) is 0 Å². The molecule has 1 N–H and O–H groups in total. The Kier molecular flexibility index (Phi) is 3.78. The molecule has 0 bridgehead atoms. The molecule has 24 heavy (non-hydrogen) atoms. The summed E-state index contributed by atoms with van der Waals surface area (Å²) < 4.78 is 1.55. The highest BCUT2D eigenvalue weighted by Crippen LogP contribution is 2.26. The molecule has 3 aromatic rings. The van der Waals surface area contributed by atoms with Gasteiger partial charge in [-0.2, -0.15) is 0 Å². The number of nitrogens with one attached hydrogen (secondary N) is 1. The predicted molar refractivity (Wildman–Crippen MR) is 92.8 cm³/mol. The molecule has 2 heterocycles. The summed E-state index contributed by atoms with van der Waals surface area (Å²) in [5, 5.41) is 7.69. The quantitative estimate of drug-likeness (QED) is 0.792. The Bertz CT molecular complexity index is 919. The summed E-state index contributed by atoms with van der Waals surface area (Å²) in [6.45, 7) is 0. The van der Waals surface area contributed by atoms with Crippen molar-refractivity contribution < 1.29 is 4.79 Å². The van der Waals surface area contributed by atoms with Crippen LogP contribution in [0.1, 0.15) is 27.9 Å². The summed E-state index contributed by atoms with van der Waals surface area (Å²) in [7, 11) is 0. The number of benzene rings is 1. The second-order valence-electron chi connectivity index (χ2n) is 5.71. The van der Waals surface area contributed by atoms with Crippen molar-refractivity contribution in [2.75, 3.05) is 5.32 Å². The molecule has 0 spiro atoms. The average molecular weight is 339 g/mol. The number of amides is 1. The van der Waals surface area contributed by atoms with Crippen LogP contribution in [0.15, 0.2) is 48.8 Å². The lowest BCUT2D eigenvalue weighted by Gasteiger charge is -2.08. The van der Waals surface area contributed by atoms with Crippen molar-refractivity contribution in [1.82, 2.24) is 14.8 Å². The Hall–Kier alpha value is -2.66. The number of carbonyl (C=O) groups is 1. The highest BCUT2D eigenvalue weighted by Gasteiger charge is 2.19. The van der Waals surface area contributed by atoms with Gasteiger partial charge in [0.1, 0.15) is 0 Å². The Morgan fingerprint density at radius 3 is 2.96 bits per heavy atom. The lowest BCUT2D eigenvalue weighted by Crippen LogP contribution is -2.15. The van der Waals surface area contributed by atoms with Gasteiger partial charge in [0.15, 0.2) is 11.6 Å². The van der Waals surface area contributed by atoms with E-state index >= 15 is 0 Å². The van der Waals surface area contributed by atoms with Crippen LogP contribution in [-0.4, -0.2) is 20.7 Å². The monoisotopic (exact) mass is 338 g/mol. The third-order valence-corrected chi connectivity index (χ3v) is 4.47. The van der Waals surface area contributed by atoms with E-state index in [1.807, 2.05) is 12.1 Å². The zero-order valence-electron chi connectivity index (χ0n) is 12.9. The van der Waals surface area contributed by atoms with E-state index in [1.54, 1.807) is 35.3 Å². The lowest BCUT2D eigenvalue weighted by atomic mass is 10.0. The molecule has 0 fully saturated rings. The molecule has 6 heteroatoms. The van der Waals surface area contributed by atoms with Crippen LogP contribution in [0.25, 0.3) is 5.82 Å². The van der Waals surface area contributed by atoms with Gasteiger partial charge in [-0.3, -0.25) is 4.79 Å². The number of halogens is 1. The van der Waals surface area contributed by atoms with E-state index in [-0.39, 0.29) is 5.91 Å². The van der Waals surface area contributed by atoms with Crippen LogP contribution >= 0.6 is 11.6 Å². The van der Waals surface area contributed by atoms with Crippen molar-refractivity contribution in [3.8, 4) is 5.82 Å². The van der Waals surface area contributed by atoms with Crippen LogP contribution in [0.5, 0.6) is 0 Å². The van der Waals surface area contributed by atoms with Gasteiger partial charge in [0, 0.05) is 24.0 Å². The molecular formula is C18H15ClN4O. The van der Waals surface area contributed by atoms with Gasteiger partial charge in [0.2, 0.25) is 0 Å². The van der Waals surface area contributed by atoms with Crippen molar-refractivity contribution in [1.29, 1.82) is 0 Å². The van der Waals surface area contributed by atoms with Crippen LogP contribution in [-0.2, 0) is 12.8 Å². The van der Waals surface area contributed by atoms with E-state index in [4.69, 9.17) is 11.6 Å². The maximum atomic E-state index is 12.6. The normalized spacial score (nSPS) is 12.9. The molecule has 0 unspecified atom stereocenters. The number of hydrogen-bond donors (Lipinski definition) is 1. The fourth-order valence-electron chi connectivity index (χ4n) is 3.07. The molecule has 1 amide bonds. The summed E-state index contributed by atoms with van der Waals surface area (Å²) in [4.78, 5) is 16.8. The van der Waals surface area contributed by atoms with Crippen molar-refractivity contribution in [2.45, 2.75) is 19.3 Å². The van der Waals surface area contributed by atoms with Crippen LogP contribution in [0.4, 0.5) is 5.82 Å². The van der Waals surface area contributed by atoms with E-state index < -0.39 is 0 Å². The first kappa shape index (κ1) is 14.9. The topological polar surface area (TPSA) is 59.8 Å². The van der Waals surface area contributed by atoms with Crippen molar-refractivity contribution in [3.63, 3.8) is 0 Å². The number of aromatic nitrogens is 3. The van der Waals surface area contributed by atoms with Gasteiger partial charge < -0.3 is 5.32 Å². The molecule has 0 saturated carbocycles. The highest BCUT2D eigenvalue weighted by atomic mass is 35.5. The van der Waals surface area contributed by atoms with E-state index in [2.05, 4.69) is 21.5 Å². The Morgan fingerprint density at radius 2 is 2.08 bits per heavy atom. The van der Waals surface area contributed by atoms with Gasteiger partial charge in [0.05, 0.1) is 5.02 Å². The first-order valence-electron chi connectivity index (χ1n) is 7.81. The highest BCUT2D eigenvalue weighted by molar-refractivity contribution is 6.32. The van der Waals surface area contributed by atoms with Crippen molar-refractivity contribution >= 4 is 23.3 Å². The summed E-state index contributed by atoms with van der Waals surface area (Å²) >= 11 is 6.12. The molecule has 0 saturated heterocycles. The van der Waals surface area contributed by atoms with Crippen LogP contribution in [0.2, 0.25) is 5.02 Å². The minimum absolute atomic E-state index is 0.133. The van der Waals surface area contributed by atoms with Crippen LogP contribution in [0, 0.1) is 0 Å². The minimum Gasteiger partial charge on any atom is -0.305 e. The second kappa shape index (κ2) is 6.09. The van der Waals surface area contributed by atoms with Crippen molar-refractivity contribution in [2.24, 2.45) is 0 Å². The first-order chi connectivity index (χ1) is 11.7. The Morgan fingerprint density at radius 1 is 1.17 bits per heavy atom. The number of fused-ring (bicyclic) bond motifs is 1. The third-order valence-electron chi connectivity index (χ3n) is 4.18. The molecule has 2 aromatic heterocycles. The molecule has 1 aliphatic carbocycles. The number of rotatable bonds is 3.